The van der Waals surface area contributed by atoms with Crippen LogP contribution in [0.3, 0.4) is 0 Å². The highest BCUT2D eigenvalue weighted by Crippen LogP contribution is 2.31. The molecule has 0 radical (unpaired) electrons. The van der Waals surface area contributed by atoms with Gasteiger partial charge in [0.25, 0.3) is 0 Å². The summed E-state index contributed by atoms with van der Waals surface area (Å²) in [4.78, 5) is 24.2. The van der Waals surface area contributed by atoms with E-state index >= 15 is 0 Å². The summed E-state index contributed by atoms with van der Waals surface area (Å²) >= 11 is 0. The Balaban J connectivity index is 2.97. The minimum atomic E-state index is -1.19. The second-order valence-electron chi connectivity index (χ2n) is 3.25. The summed E-state index contributed by atoms with van der Waals surface area (Å²) in [5.41, 5.74) is -1.19. The van der Waals surface area contributed by atoms with Crippen LogP contribution in [0.15, 0.2) is 0 Å². The molecule has 0 aromatic carbocycles. The van der Waals surface area contributed by atoms with Gasteiger partial charge in [-0.3, -0.25) is 4.79 Å². The standard InChI is InChI=1S/C9H15NO4/c1-7(11)10-6-4-5-9(10,14-3)8(12)13-2/h4-6H2,1-3H3/t9-/m1/s1. The highest BCUT2D eigenvalue weighted by Gasteiger charge is 2.50. The summed E-state index contributed by atoms with van der Waals surface area (Å²) in [6, 6.07) is 0. The fraction of sp³-hybridized carbons (Fsp3) is 0.778. The van der Waals surface area contributed by atoms with Crippen molar-refractivity contribution in [1.82, 2.24) is 4.90 Å². The quantitative estimate of drug-likeness (QED) is 0.596. The minimum Gasteiger partial charge on any atom is -0.465 e. The highest BCUT2D eigenvalue weighted by atomic mass is 16.6. The first kappa shape index (κ1) is 11.0. The summed E-state index contributed by atoms with van der Waals surface area (Å²) in [7, 11) is 2.71. The van der Waals surface area contributed by atoms with Gasteiger partial charge >= 0.3 is 5.97 Å². The molecule has 1 fully saturated rings. The van der Waals surface area contributed by atoms with Crippen molar-refractivity contribution in [1.29, 1.82) is 0 Å². The molecule has 0 spiro atoms. The summed E-state index contributed by atoms with van der Waals surface area (Å²) in [5, 5.41) is 0. The topological polar surface area (TPSA) is 55.8 Å². The van der Waals surface area contributed by atoms with Gasteiger partial charge in [0.15, 0.2) is 0 Å². The molecule has 0 N–H and O–H groups in total. The van der Waals surface area contributed by atoms with Gasteiger partial charge in [0, 0.05) is 27.0 Å². The number of carbonyl (C=O) groups is 2. The molecule has 5 nitrogen and oxygen atoms in total. The van der Waals surface area contributed by atoms with Crippen molar-refractivity contribution >= 4 is 11.9 Å². The lowest BCUT2D eigenvalue weighted by atomic mass is 10.1. The van der Waals surface area contributed by atoms with E-state index < -0.39 is 11.7 Å². The van der Waals surface area contributed by atoms with Crippen LogP contribution in [0.4, 0.5) is 0 Å². The number of esters is 1. The van der Waals surface area contributed by atoms with Crippen molar-refractivity contribution in [2.24, 2.45) is 0 Å². The van der Waals surface area contributed by atoms with Gasteiger partial charge in [-0.05, 0) is 6.42 Å². The number of amides is 1. The fourth-order valence-electron chi connectivity index (χ4n) is 1.87. The average Bonchev–Trinajstić information content (AvgIpc) is 2.61. The molecule has 1 atom stereocenters. The number of rotatable bonds is 2. The molecule has 1 amide bonds. The van der Waals surface area contributed by atoms with Crippen LogP contribution in [0.1, 0.15) is 19.8 Å². The summed E-state index contributed by atoms with van der Waals surface area (Å²) in [5.74, 6) is -0.678. The Labute approximate surface area is 83.0 Å². The van der Waals surface area contributed by atoms with E-state index in [1.54, 1.807) is 0 Å². The van der Waals surface area contributed by atoms with Crippen molar-refractivity contribution < 1.29 is 19.1 Å². The second-order valence-corrected chi connectivity index (χ2v) is 3.25. The van der Waals surface area contributed by atoms with Gasteiger partial charge in [-0.1, -0.05) is 0 Å². The number of nitrogens with zero attached hydrogens (tertiary/aromatic N) is 1. The van der Waals surface area contributed by atoms with E-state index in [-0.39, 0.29) is 5.91 Å². The van der Waals surface area contributed by atoms with Gasteiger partial charge in [0.05, 0.1) is 7.11 Å². The first-order valence-electron chi connectivity index (χ1n) is 4.50. The largest absolute Gasteiger partial charge is 0.465 e. The molecule has 0 bridgehead atoms. The van der Waals surface area contributed by atoms with Crippen molar-refractivity contribution in [3.8, 4) is 0 Å². The van der Waals surface area contributed by atoms with Gasteiger partial charge in [-0.15, -0.1) is 0 Å². The normalized spacial score (nSPS) is 26.4. The maximum absolute atomic E-state index is 11.5. The van der Waals surface area contributed by atoms with E-state index in [0.717, 1.165) is 6.42 Å². The molecule has 1 aliphatic rings. The maximum Gasteiger partial charge on any atom is 0.359 e. The number of carbonyl (C=O) groups excluding carboxylic acids is 2. The molecule has 14 heavy (non-hydrogen) atoms. The lowest BCUT2D eigenvalue weighted by molar-refractivity contribution is -0.190. The molecule has 1 aliphatic heterocycles. The Morgan fingerprint density at radius 2 is 2.00 bits per heavy atom. The predicted octanol–water partition coefficient (Wildman–Crippen LogP) is 0.144. The van der Waals surface area contributed by atoms with E-state index in [2.05, 4.69) is 4.74 Å². The molecule has 0 aromatic rings. The van der Waals surface area contributed by atoms with Gasteiger partial charge in [-0.25, -0.2) is 4.79 Å². The molecular formula is C9H15NO4. The second kappa shape index (κ2) is 3.96. The van der Waals surface area contributed by atoms with Crippen LogP contribution in [-0.4, -0.2) is 43.3 Å². The number of likely N-dealkylation sites (tertiary alicyclic amines) is 1. The molecule has 1 heterocycles. The zero-order chi connectivity index (χ0) is 10.8. The van der Waals surface area contributed by atoms with E-state index in [0.29, 0.717) is 13.0 Å². The third kappa shape index (κ3) is 1.48. The Morgan fingerprint density at radius 1 is 1.36 bits per heavy atom. The maximum atomic E-state index is 11.5. The first-order chi connectivity index (χ1) is 6.58. The van der Waals surface area contributed by atoms with Crippen molar-refractivity contribution in [2.45, 2.75) is 25.5 Å². The van der Waals surface area contributed by atoms with Gasteiger partial charge in [-0.2, -0.15) is 0 Å². The van der Waals surface area contributed by atoms with Crippen LogP contribution in [0, 0.1) is 0 Å². The highest BCUT2D eigenvalue weighted by molar-refractivity contribution is 5.86. The Morgan fingerprint density at radius 3 is 2.43 bits per heavy atom. The number of ether oxygens (including phenoxy) is 2. The van der Waals surface area contributed by atoms with Crippen LogP contribution in [0.2, 0.25) is 0 Å². The Hall–Kier alpha value is -1.10. The molecule has 0 aromatic heterocycles. The van der Waals surface area contributed by atoms with Gasteiger partial charge < -0.3 is 14.4 Å². The van der Waals surface area contributed by atoms with E-state index in [1.807, 2.05) is 0 Å². The third-order valence-corrected chi connectivity index (χ3v) is 2.56. The summed E-state index contributed by atoms with van der Waals surface area (Å²) in [6.45, 7) is 1.96. The van der Waals surface area contributed by atoms with Crippen molar-refractivity contribution in [3.05, 3.63) is 0 Å². The third-order valence-electron chi connectivity index (χ3n) is 2.56. The number of methoxy groups -OCH3 is 2. The molecule has 1 rings (SSSR count). The molecular weight excluding hydrogens is 186 g/mol. The smallest absolute Gasteiger partial charge is 0.359 e. The monoisotopic (exact) mass is 201 g/mol. The zero-order valence-corrected chi connectivity index (χ0v) is 8.70. The van der Waals surface area contributed by atoms with Crippen LogP contribution in [0.5, 0.6) is 0 Å². The Bertz CT molecular complexity index is 253. The van der Waals surface area contributed by atoms with Crippen molar-refractivity contribution in [3.63, 3.8) is 0 Å². The first-order valence-corrected chi connectivity index (χ1v) is 4.50. The molecule has 5 heteroatoms. The van der Waals surface area contributed by atoms with E-state index in [4.69, 9.17) is 4.74 Å². The van der Waals surface area contributed by atoms with Crippen molar-refractivity contribution in [2.75, 3.05) is 20.8 Å². The van der Waals surface area contributed by atoms with E-state index in [1.165, 1.54) is 26.0 Å². The SMILES string of the molecule is COC(=O)[C@]1(OC)CCCN1C(C)=O. The zero-order valence-electron chi connectivity index (χ0n) is 8.70. The molecule has 80 valence electrons. The van der Waals surface area contributed by atoms with Gasteiger partial charge in [0.2, 0.25) is 11.6 Å². The van der Waals surface area contributed by atoms with Gasteiger partial charge in [0.1, 0.15) is 0 Å². The lowest BCUT2D eigenvalue weighted by Crippen LogP contribution is -2.54. The summed E-state index contributed by atoms with van der Waals surface area (Å²) in [6.07, 6.45) is 1.25. The molecule has 0 aliphatic carbocycles. The average molecular weight is 201 g/mol. The fourth-order valence-corrected chi connectivity index (χ4v) is 1.87. The molecule has 0 unspecified atom stereocenters. The van der Waals surface area contributed by atoms with Crippen LogP contribution >= 0.6 is 0 Å². The molecule has 1 saturated heterocycles. The van der Waals surface area contributed by atoms with E-state index in [9.17, 15) is 9.59 Å². The lowest BCUT2D eigenvalue weighted by Gasteiger charge is -2.33. The number of hydrogen-bond acceptors (Lipinski definition) is 4. The Kier molecular flexibility index (Phi) is 3.10. The molecule has 0 saturated carbocycles. The summed E-state index contributed by atoms with van der Waals surface area (Å²) < 4.78 is 9.81. The minimum absolute atomic E-state index is 0.172. The number of hydrogen-bond donors (Lipinski definition) is 0. The van der Waals surface area contributed by atoms with Crippen LogP contribution < -0.4 is 0 Å². The predicted molar refractivity (Wildman–Crippen MR) is 48.4 cm³/mol. The van der Waals surface area contributed by atoms with Crippen LogP contribution in [0.25, 0.3) is 0 Å². The van der Waals surface area contributed by atoms with Crippen LogP contribution in [-0.2, 0) is 19.1 Å².